The zero-order valence-corrected chi connectivity index (χ0v) is 13.9. The molecule has 3 aromatic rings. The van der Waals surface area contributed by atoms with E-state index in [4.69, 9.17) is 14.3 Å². The zero-order valence-electron chi connectivity index (χ0n) is 13.9. The number of carboxylic acid groups (broad SMARTS) is 1. The number of benzene rings is 2. The van der Waals surface area contributed by atoms with Gasteiger partial charge in [-0.15, -0.1) is 0 Å². The molecular formula is C19H16O7. The van der Waals surface area contributed by atoms with Crippen molar-refractivity contribution in [1.82, 2.24) is 0 Å². The van der Waals surface area contributed by atoms with E-state index in [-0.39, 0.29) is 47.2 Å². The Morgan fingerprint density at radius 2 is 1.88 bits per heavy atom. The Hall–Kier alpha value is -3.48. The molecule has 7 heteroatoms. The fraction of sp³-hybridized carbons (Fsp3) is 0.158. The quantitative estimate of drug-likeness (QED) is 0.580. The van der Waals surface area contributed by atoms with Gasteiger partial charge in [0.05, 0.1) is 12.7 Å². The number of aliphatic carboxylic acids is 1. The average molecular weight is 356 g/mol. The van der Waals surface area contributed by atoms with E-state index in [1.165, 1.54) is 31.4 Å². The molecule has 3 rings (SSSR count). The van der Waals surface area contributed by atoms with Crippen LogP contribution in [0.3, 0.4) is 0 Å². The topological polar surface area (TPSA) is 117 Å². The lowest BCUT2D eigenvalue weighted by Crippen LogP contribution is -2.03. The van der Waals surface area contributed by atoms with E-state index in [1.54, 1.807) is 12.1 Å². The maximum atomic E-state index is 12.1. The third kappa shape index (κ3) is 3.32. The Morgan fingerprint density at radius 3 is 2.54 bits per heavy atom. The summed E-state index contributed by atoms with van der Waals surface area (Å²) in [6.07, 6.45) is 1.10. The van der Waals surface area contributed by atoms with Crippen LogP contribution in [-0.4, -0.2) is 27.1 Å². The van der Waals surface area contributed by atoms with E-state index < -0.39 is 5.97 Å². The molecule has 0 spiro atoms. The fourth-order valence-electron chi connectivity index (χ4n) is 2.72. The molecule has 0 aliphatic carbocycles. The molecule has 3 N–H and O–H groups in total. The van der Waals surface area contributed by atoms with Gasteiger partial charge in [0, 0.05) is 22.6 Å². The molecule has 0 bridgehead atoms. The summed E-state index contributed by atoms with van der Waals surface area (Å²) in [7, 11) is 0. The van der Waals surface area contributed by atoms with Crippen molar-refractivity contribution in [3.8, 4) is 17.2 Å². The van der Waals surface area contributed by atoms with Crippen LogP contribution in [-0.2, 0) is 17.8 Å². The molecule has 0 atom stereocenters. The van der Waals surface area contributed by atoms with Gasteiger partial charge in [-0.3, -0.25) is 9.59 Å². The van der Waals surface area contributed by atoms with Crippen LogP contribution in [0, 0.1) is 0 Å². The first-order chi connectivity index (χ1) is 12.4. The highest BCUT2D eigenvalue weighted by molar-refractivity contribution is 6.08. The summed E-state index contributed by atoms with van der Waals surface area (Å²) in [5.74, 6) is -1.23. The summed E-state index contributed by atoms with van der Waals surface area (Å²) in [4.78, 5) is 23.0. The molecule has 7 nitrogen and oxygen atoms in total. The Labute approximate surface area is 148 Å². The standard InChI is InChI=1S/C19H16O7/c1-10(20)18-16(25-8-11-2-3-13(21)7-15(11)22)5-4-14-12(6-17(23)24)9-26-19(14)18/h2-5,7,9,21-22H,6,8H2,1H3,(H,23,24). The minimum absolute atomic E-state index is 0.0272. The largest absolute Gasteiger partial charge is 0.508 e. The smallest absolute Gasteiger partial charge is 0.307 e. The second-order valence-electron chi connectivity index (χ2n) is 5.80. The van der Waals surface area contributed by atoms with Gasteiger partial charge in [-0.25, -0.2) is 0 Å². The van der Waals surface area contributed by atoms with Crippen molar-refractivity contribution in [3.05, 3.63) is 53.3 Å². The second-order valence-corrected chi connectivity index (χ2v) is 5.80. The van der Waals surface area contributed by atoms with Crippen molar-refractivity contribution in [2.24, 2.45) is 0 Å². The number of hydrogen-bond acceptors (Lipinski definition) is 6. The van der Waals surface area contributed by atoms with Crippen LogP contribution >= 0.6 is 0 Å². The number of hydrogen-bond donors (Lipinski definition) is 3. The molecule has 0 unspecified atom stereocenters. The minimum Gasteiger partial charge on any atom is -0.508 e. The van der Waals surface area contributed by atoms with Gasteiger partial charge in [-0.1, -0.05) is 0 Å². The number of ketones is 1. The number of Topliss-reactive ketones (excluding diaryl/α,β-unsaturated/α-hetero) is 1. The lowest BCUT2D eigenvalue weighted by Gasteiger charge is -2.11. The normalized spacial score (nSPS) is 10.8. The van der Waals surface area contributed by atoms with Gasteiger partial charge in [0.1, 0.15) is 35.0 Å². The van der Waals surface area contributed by atoms with Crippen LogP contribution in [0.25, 0.3) is 11.0 Å². The number of carboxylic acids is 1. The van der Waals surface area contributed by atoms with Crippen molar-refractivity contribution >= 4 is 22.7 Å². The Kier molecular flexibility index (Phi) is 4.53. The van der Waals surface area contributed by atoms with E-state index in [1.807, 2.05) is 0 Å². The monoisotopic (exact) mass is 356 g/mol. The number of carbonyl (C=O) groups excluding carboxylic acids is 1. The lowest BCUT2D eigenvalue weighted by atomic mass is 10.0. The van der Waals surface area contributed by atoms with Crippen molar-refractivity contribution < 1.29 is 34.1 Å². The van der Waals surface area contributed by atoms with Crippen molar-refractivity contribution in [2.45, 2.75) is 20.0 Å². The molecule has 0 aliphatic heterocycles. The third-order valence-corrected chi connectivity index (χ3v) is 3.93. The number of fused-ring (bicyclic) bond motifs is 1. The Balaban J connectivity index is 1.96. The molecule has 0 saturated heterocycles. The molecule has 0 fully saturated rings. The van der Waals surface area contributed by atoms with E-state index >= 15 is 0 Å². The van der Waals surface area contributed by atoms with Crippen molar-refractivity contribution in [3.63, 3.8) is 0 Å². The van der Waals surface area contributed by atoms with Gasteiger partial charge in [0.2, 0.25) is 0 Å². The maximum absolute atomic E-state index is 12.1. The maximum Gasteiger partial charge on any atom is 0.307 e. The summed E-state index contributed by atoms with van der Waals surface area (Å²) >= 11 is 0. The molecule has 0 amide bonds. The highest BCUT2D eigenvalue weighted by Gasteiger charge is 2.20. The average Bonchev–Trinajstić information content (AvgIpc) is 2.95. The van der Waals surface area contributed by atoms with Gasteiger partial charge >= 0.3 is 5.97 Å². The van der Waals surface area contributed by atoms with Gasteiger partial charge in [0.25, 0.3) is 0 Å². The summed E-state index contributed by atoms with van der Waals surface area (Å²) in [6.45, 7) is 1.33. The summed E-state index contributed by atoms with van der Waals surface area (Å²) in [5, 5.41) is 28.6. The van der Waals surface area contributed by atoms with Crippen molar-refractivity contribution in [2.75, 3.05) is 0 Å². The number of rotatable bonds is 6. The number of ether oxygens (including phenoxy) is 1. The van der Waals surface area contributed by atoms with Gasteiger partial charge in [-0.2, -0.15) is 0 Å². The molecule has 0 radical (unpaired) electrons. The van der Waals surface area contributed by atoms with E-state index in [2.05, 4.69) is 0 Å². The molecule has 0 saturated carbocycles. The predicted molar refractivity (Wildman–Crippen MR) is 91.7 cm³/mol. The highest BCUT2D eigenvalue weighted by Crippen LogP contribution is 2.33. The molecule has 0 aliphatic rings. The zero-order chi connectivity index (χ0) is 18.8. The number of phenolic OH excluding ortho intramolecular Hbond substituents is 2. The first-order valence-electron chi connectivity index (χ1n) is 7.76. The molecule has 1 aromatic heterocycles. The van der Waals surface area contributed by atoms with Crippen LogP contribution in [0.15, 0.2) is 41.0 Å². The van der Waals surface area contributed by atoms with Crippen molar-refractivity contribution in [1.29, 1.82) is 0 Å². The first-order valence-corrected chi connectivity index (χ1v) is 7.76. The van der Waals surface area contributed by atoms with Gasteiger partial charge in [-0.05, 0) is 31.2 Å². The Morgan fingerprint density at radius 1 is 1.12 bits per heavy atom. The van der Waals surface area contributed by atoms with Crippen LogP contribution in [0.5, 0.6) is 17.2 Å². The van der Waals surface area contributed by atoms with Crippen LogP contribution < -0.4 is 4.74 Å². The third-order valence-electron chi connectivity index (χ3n) is 3.93. The Bertz CT molecular complexity index is 1000. The summed E-state index contributed by atoms with van der Waals surface area (Å²) < 4.78 is 11.1. The molecule has 134 valence electrons. The van der Waals surface area contributed by atoms with Crippen LogP contribution in [0.4, 0.5) is 0 Å². The number of carbonyl (C=O) groups is 2. The molecular weight excluding hydrogens is 340 g/mol. The molecule has 1 heterocycles. The molecule has 2 aromatic carbocycles. The predicted octanol–water partition coefficient (Wildman–Crippen LogP) is 3.25. The fourth-order valence-corrected chi connectivity index (χ4v) is 2.72. The SMILES string of the molecule is CC(=O)c1c(OCc2ccc(O)cc2O)ccc2c(CC(=O)O)coc12. The van der Waals surface area contributed by atoms with E-state index in [0.717, 1.165) is 0 Å². The van der Waals surface area contributed by atoms with Crippen LogP contribution in [0.2, 0.25) is 0 Å². The lowest BCUT2D eigenvalue weighted by molar-refractivity contribution is -0.136. The second kappa shape index (κ2) is 6.79. The van der Waals surface area contributed by atoms with E-state index in [9.17, 15) is 19.8 Å². The van der Waals surface area contributed by atoms with E-state index in [0.29, 0.717) is 16.5 Å². The first kappa shape index (κ1) is 17.3. The summed E-state index contributed by atoms with van der Waals surface area (Å²) in [6, 6.07) is 7.32. The highest BCUT2D eigenvalue weighted by atomic mass is 16.5. The minimum atomic E-state index is -1.000. The summed E-state index contributed by atoms with van der Waals surface area (Å²) in [5.41, 5.74) is 1.37. The van der Waals surface area contributed by atoms with Gasteiger partial charge in [0.15, 0.2) is 5.78 Å². The van der Waals surface area contributed by atoms with Crippen LogP contribution in [0.1, 0.15) is 28.4 Å². The van der Waals surface area contributed by atoms with Gasteiger partial charge < -0.3 is 24.5 Å². The molecule has 26 heavy (non-hydrogen) atoms. The number of furan rings is 1. The number of aromatic hydroxyl groups is 2. The number of phenols is 2.